The molecule has 6 nitrogen and oxygen atoms in total. The Balaban J connectivity index is 1.85. The largest absolute Gasteiger partial charge is 0.293 e. The monoisotopic (exact) mass is 386 g/mol. The van der Waals surface area contributed by atoms with Gasteiger partial charge in [0.15, 0.2) is 0 Å². The second kappa shape index (κ2) is 6.23. The quantitative estimate of drug-likeness (QED) is 0.530. The zero-order valence-corrected chi connectivity index (χ0v) is 15.1. The Morgan fingerprint density at radius 2 is 1.92 bits per heavy atom. The molecule has 0 fully saturated rings. The Hall–Kier alpha value is -2.70. The number of rotatable bonds is 2. The van der Waals surface area contributed by atoms with Crippen LogP contribution < -0.4 is 11.1 Å². The van der Waals surface area contributed by atoms with Crippen LogP contribution >= 0.6 is 23.2 Å². The first-order valence-electron chi connectivity index (χ1n) is 7.76. The van der Waals surface area contributed by atoms with Gasteiger partial charge in [-0.15, -0.1) is 0 Å². The summed E-state index contributed by atoms with van der Waals surface area (Å²) in [4.78, 5) is 33.8. The Labute approximate surface area is 157 Å². The topological polar surface area (TPSA) is 69.3 Å². The molecule has 0 unspecified atom stereocenters. The summed E-state index contributed by atoms with van der Waals surface area (Å²) in [5, 5.41) is 0.990. The Kier molecular flexibility index (Phi) is 4.01. The third-order valence-corrected chi connectivity index (χ3v) is 4.62. The lowest BCUT2D eigenvalue weighted by Gasteiger charge is -2.09. The average Bonchev–Trinajstić information content (AvgIpc) is 2.57. The fraction of sp³-hybridized carbons (Fsp3) is 0.111. The van der Waals surface area contributed by atoms with Crippen LogP contribution in [-0.2, 0) is 6.54 Å². The van der Waals surface area contributed by atoms with Gasteiger partial charge in [-0.3, -0.25) is 18.6 Å². The lowest BCUT2D eigenvalue weighted by atomic mass is 10.2. The van der Waals surface area contributed by atoms with Crippen molar-refractivity contribution in [2.75, 3.05) is 0 Å². The average molecular weight is 387 g/mol. The van der Waals surface area contributed by atoms with Crippen molar-refractivity contribution in [1.29, 1.82) is 0 Å². The number of benzene rings is 1. The highest BCUT2D eigenvalue weighted by Crippen LogP contribution is 2.24. The number of aryl methyl sites for hydroxylation is 1. The molecular formula is C18H12Cl2N4O2. The molecule has 0 bridgehead atoms. The molecule has 0 atom stereocenters. The number of nitrogens with zero attached hydrogens (tertiary/aromatic N) is 4. The third-order valence-electron chi connectivity index (χ3n) is 4.11. The van der Waals surface area contributed by atoms with Gasteiger partial charge in [-0.05, 0) is 31.2 Å². The molecule has 3 aromatic heterocycles. The van der Waals surface area contributed by atoms with Crippen molar-refractivity contribution >= 4 is 39.8 Å². The van der Waals surface area contributed by atoms with Crippen LogP contribution in [0.3, 0.4) is 0 Å². The normalized spacial score (nSPS) is 11.3. The van der Waals surface area contributed by atoms with E-state index >= 15 is 0 Å². The van der Waals surface area contributed by atoms with Gasteiger partial charge in [0.05, 0.1) is 34.5 Å². The van der Waals surface area contributed by atoms with Crippen LogP contribution in [0.25, 0.3) is 16.6 Å². The van der Waals surface area contributed by atoms with E-state index in [0.29, 0.717) is 32.3 Å². The van der Waals surface area contributed by atoms with E-state index in [1.807, 2.05) is 19.1 Å². The van der Waals surface area contributed by atoms with Crippen LogP contribution in [0.5, 0.6) is 0 Å². The summed E-state index contributed by atoms with van der Waals surface area (Å²) in [5.41, 5.74) is 1.68. The van der Waals surface area contributed by atoms with Gasteiger partial charge < -0.3 is 0 Å². The molecule has 130 valence electrons. The molecule has 0 N–H and O–H groups in total. The predicted molar refractivity (Wildman–Crippen MR) is 101 cm³/mol. The maximum absolute atomic E-state index is 12.7. The molecule has 0 aliphatic heterocycles. The van der Waals surface area contributed by atoms with Crippen LogP contribution in [0.2, 0.25) is 10.0 Å². The van der Waals surface area contributed by atoms with Crippen molar-refractivity contribution in [3.05, 3.63) is 84.9 Å². The first kappa shape index (κ1) is 16.8. The SMILES string of the molecule is Cc1cccc2nc(Cn3cnc4c(Cl)cc(Cl)cc4c3=O)cc(=O)n12. The summed E-state index contributed by atoms with van der Waals surface area (Å²) in [6.45, 7) is 1.95. The molecule has 0 saturated heterocycles. The van der Waals surface area contributed by atoms with E-state index in [2.05, 4.69) is 9.97 Å². The van der Waals surface area contributed by atoms with Crippen molar-refractivity contribution in [3.8, 4) is 0 Å². The van der Waals surface area contributed by atoms with Gasteiger partial charge >= 0.3 is 0 Å². The Morgan fingerprint density at radius 3 is 2.73 bits per heavy atom. The molecule has 0 aliphatic rings. The molecule has 3 heterocycles. The number of fused-ring (bicyclic) bond motifs is 2. The smallest absolute Gasteiger partial charge is 0.261 e. The second-order valence-corrected chi connectivity index (χ2v) is 6.75. The summed E-state index contributed by atoms with van der Waals surface area (Å²) in [7, 11) is 0. The van der Waals surface area contributed by atoms with Gasteiger partial charge in [0.1, 0.15) is 5.65 Å². The maximum Gasteiger partial charge on any atom is 0.261 e. The predicted octanol–water partition coefficient (Wildman–Crippen LogP) is 3.07. The number of pyridine rings is 1. The van der Waals surface area contributed by atoms with Crippen LogP contribution in [0.1, 0.15) is 11.4 Å². The van der Waals surface area contributed by atoms with Gasteiger partial charge in [-0.2, -0.15) is 0 Å². The minimum absolute atomic E-state index is 0.117. The molecule has 1 aromatic carbocycles. The molecule has 0 spiro atoms. The maximum atomic E-state index is 12.7. The first-order valence-corrected chi connectivity index (χ1v) is 8.52. The Bertz CT molecular complexity index is 1290. The summed E-state index contributed by atoms with van der Waals surface area (Å²) in [6, 6.07) is 9.90. The summed E-state index contributed by atoms with van der Waals surface area (Å²) >= 11 is 12.1. The van der Waals surface area contributed by atoms with Crippen LogP contribution in [0.4, 0.5) is 0 Å². The van der Waals surface area contributed by atoms with Gasteiger partial charge in [0.25, 0.3) is 11.1 Å². The number of hydrogen-bond donors (Lipinski definition) is 0. The molecule has 0 saturated carbocycles. The molecule has 4 aromatic rings. The number of aromatic nitrogens is 4. The molecule has 4 rings (SSSR count). The van der Waals surface area contributed by atoms with E-state index in [0.717, 1.165) is 5.69 Å². The van der Waals surface area contributed by atoms with Crippen molar-refractivity contribution in [2.45, 2.75) is 13.5 Å². The molecule has 0 amide bonds. The van der Waals surface area contributed by atoms with E-state index in [1.165, 1.54) is 33.5 Å². The van der Waals surface area contributed by atoms with E-state index in [9.17, 15) is 9.59 Å². The lowest BCUT2D eigenvalue weighted by Crippen LogP contribution is -2.24. The molecule has 0 aliphatic carbocycles. The Morgan fingerprint density at radius 1 is 1.12 bits per heavy atom. The van der Waals surface area contributed by atoms with Crippen molar-refractivity contribution in [2.24, 2.45) is 0 Å². The second-order valence-electron chi connectivity index (χ2n) is 5.91. The van der Waals surface area contributed by atoms with E-state index in [-0.39, 0.29) is 17.7 Å². The molecule has 26 heavy (non-hydrogen) atoms. The van der Waals surface area contributed by atoms with Gasteiger partial charge in [-0.25, -0.2) is 9.97 Å². The first-order chi connectivity index (χ1) is 12.4. The highest BCUT2D eigenvalue weighted by molar-refractivity contribution is 6.38. The van der Waals surface area contributed by atoms with E-state index < -0.39 is 0 Å². The fourth-order valence-electron chi connectivity index (χ4n) is 2.93. The fourth-order valence-corrected chi connectivity index (χ4v) is 3.47. The zero-order valence-electron chi connectivity index (χ0n) is 13.6. The van der Waals surface area contributed by atoms with Gasteiger partial charge in [0.2, 0.25) is 0 Å². The molecular weight excluding hydrogens is 375 g/mol. The third kappa shape index (κ3) is 2.77. The van der Waals surface area contributed by atoms with Crippen molar-refractivity contribution in [1.82, 2.24) is 18.9 Å². The van der Waals surface area contributed by atoms with Crippen LogP contribution in [0, 0.1) is 6.92 Å². The summed E-state index contributed by atoms with van der Waals surface area (Å²) in [6.07, 6.45) is 1.39. The highest BCUT2D eigenvalue weighted by Gasteiger charge is 2.11. The van der Waals surface area contributed by atoms with E-state index in [1.54, 1.807) is 6.07 Å². The summed E-state index contributed by atoms with van der Waals surface area (Å²) < 4.78 is 2.90. The van der Waals surface area contributed by atoms with Crippen LogP contribution in [-0.4, -0.2) is 18.9 Å². The van der Waals surface area contributed by atoms with Crippen molar-refractivity contribution < 1.29 is 0 Å². The van der Waals surface area contributed by atoms with Gasteiger partial charge in [-0.1, -0.05) is 29.3 Å². The minimum Gasteiger partial charge on any atom is -0.293 e. The van der Waals surface area contributed by atoms with Crippen molar-refractivity contribution in [3.63, 3.8) is 0 Å². The van der Waals surface area contributed by atoms with Gasteiger partial charge in [0, 0.05) is 16.8 Å². The van der Waals surface area contributed by atoms with E-state index in [4.69, 9.17) is 23.2 Å². The minimum atomic E-state index is -0.300. The standard InChI is InChI=1S/C18H12Cl2N4O2/c1-10-3-2-4-15-22-12(7-16(25)24(10)15)8-23-9-21-17-13(18(23)26)5-11(19)6-14(17)20/h2-7,9H,8H2,1H3. The molecule has 8 heteroatoms. The number of hydrogen-bond acceptors (Lipinski definition) is 4. The zero-order chi connectivity index (χ0) is 18.4. The highest BCUT2D eigenvalue weighted by atomic mass is 35.5. The summed E-state index contributed by atoms with van der Waals surface area (Å²) in [5.74, 6) is 0. The van der Waals surface area contributed by atoms with Crippen LogP contribution in [0.15, 0.2) is 52.3 Å². The molecule has 0 radical (unpaired) electrons. The lowest BCUT2D eigenvalue weighted by molar-refractivity contribution is 0.726. The number of halogens is 2.